The summed E-state index contributed by atoms with van der Waals surface area (Å²) >= 11 is 0. The van der Waals surface area contributed by atoms with Crippen LogP contribution in [-0.4, -0.2) is 30.8 Å². The van der Waals surface area contributed by atoms with Crippen molar-refractivity contribution < 1.29 is 14.3 Å². The highest BCUT2D eigenvalue weighted by atomic mass is 16.6. The molecule has 29 heavy (non-hydrogen) atoms. The van der Waals surface area contributed by atoms with Gasteiger partial charge in [-0.05, 0) is 29.2 Å². The van der Waals surface area contributed by atoms with Gasteiger partial charge in [0, 0.05) is 25.6 Å². The van der Waals surface area contributed by atoms with Crippen LogP contribution in [0.1, 0.15) is 16.7 Å². The Morgan fingerprint density at radius 3 is 2.52 bits per heavy atom. The molecule has 0 spiro atoms. The summed E-state index contributed by atoms with van der Waals surface area (Å²) in [6.07, 6.45) is 0.238. The largest absolute Gasteiger partial charge is 0.486 e. The third kappa shape index (κ3) is 4.27. The normalized spacial score (nSPS) is 14.8. The quantitative estimate of drug-likeness (QED) is 0.601. The van der Waals surface area contributed by atoms with Crippen molar-refractivity contribution in [3.63, 3.8) is 0 Å². The molecule has 0 fully saturated rings. The number of carbonyl (C=O) groups is 1. The van der Waals surface area contributed by atoms with Crippen molar-refractivity contribution in [2.24, 2.45) is 0 Å². The molecule has 1 aliphatic rings. The zero-order valence-corrected chi connectivity index (χ0v) is 16.8. The molecule has 4 rings (SSSR count). The molecule has 1 aliphatic heterocycles. The number of hydrogen-bond donors (Lipinski definition) is 0. The second-order valence-corrected chi connectivity index (χ2v) is 7.47. The van der Waals surface area contributed by atoms with Crippen LogP contribution in [0.2, 0.25) is 0 Å². The smallest absolute Gasteiger partial charge is 0.409 e. The molecule has 0 saturated carbocycles. The van der Waals surface area contributed by atoms with Crippen LogP contribution in [-0.2, 0) is 17.7 Å². The topological polar surface area (TPSA) is 38.8 Å². The minimum Gasteiger partial charge on any atom is -0.486 e. The standard InChI is InChI=1S/C25H25NO3/c1-18-9-6-7-13-22(18)23-14-8-12-20-15-21(29-24(20)23)17-28-25(27)26(2)16-19-10-4-3-5-11-19/h3-14,21H,15-17H2,1-2H3. The van der Waals surface area contributed by atoms with Crippen LogP contribution in [0.25, 0.3) is 11.1 Å². The summed E-state index contributed by atoms with van der Waals surface area (Å²) in [5, 5.41) is 0. The summed E-state index contributed by atoms with van der Waals surface area (Å²) in [7, 11) is 1.75. The van der Waals surface area contributed by atoms with E-state index in [-0.39, 0.29) is 18.8 Å². The number of ether oxygens (including phenoxy) is 2. The summed E-state index contributed by atoms with van der Waals surface area (Å²) < 4.78 is 11.7. The van der Waals surface area contributed by atoms with Crippen LogP contribution in [0.4, 0.5) is 4.79 Å². The summed E-state index contributed by atoms with van der Waals surface area (Å²) in [4.78, 5) is 13.9. The lowest BCUT2D eigenvalue weighted by atomic mass is 9.97. The Hall–Kier alpha value is -3.27. The van der Waals surface area contributed by atoms with Gasteiger partial charge < -0.3 is 14.4 Å². The van der Waals surface area contributed by atoms with Crippen molar-refractivity contribution >= 4 is 6.09 Å². The molecule has 1 unspecified atom stereocenters. The summed E-state index contributed by atoms with van der Waals surface area (Å²) in [6.45, 7) is 2.86. The fraction of sp³-hybridized carbons (Fsp3) is 0.240. The van der Waals surface area contributed by atoms with E-state index in [4.69, 9.17) is 9.47 Å². The van der Waals surface area contributed by atoms with Crippen molar-refractivity contribution in [3.05, 3.63) is 89.5 Å². The molecule has 1 amide bonds. The van der Waals surface area contributed by atoms with Gasteiger partial charge in [0.2, 0.25) is 0 Å². The van der Waals surface area contributed by atoms with Crippen LogP contribution in [0.15, 0.2) is 72.8 Å². The monoisotopic (exact) mass is 387 g/mol. The van der Waals surface area contributed by atoms with E-state index in [0.717, 1.165) is 28.9 Å². The molecule has 3 aromatic carbocycles. The second kappa shape index (κ2) is 8.39. The average molecular weight is 387 g/mol. The number of amides is 1. The zero-order chi connectivity index (χ0) is 20.2. The Morgan fingerprint density at radius 1 is 1.00 bits per heavy atom. The van der Waals surface area contributed by atoms with Gasteiger partial charge in [-0.1, -0.05) is 72.8 Å². The summed E-state index contributed by atoms with van der Waals surface area (Å²) in [6, 6.07) is 24.4. The minimum absolute atomic E-state index is 0.163. The molecular formula is C25H25NO3. The molecule has 0 aliphatic carbocycles. The van der Waals surface area contributed by atoms with Crippen LogP contribution in [0.3, 0.4) is 0 Å². The third-order valence-corrected chi connectivity index (χ3v) is 5.23. The van der Waals surface area contributed by atoms with Gasteiger partial charge in [0.05, 0.1) is 0 Å². The Labute approximate surface area is 171 Å². The first-order valence-electron chi connectivity index (χ1n) is 9.88. The van der Waals surface area contributed by atoms with Gasteiger partial charge in [0.25, 0.3) is 0 Å². The van der Waals surface area contributed by atoms with Crippen molar-refractivity contribution in [2.75, 3.05) is 13.7 Å². The fourth-order valence-corrected chi connectivity index (χ4v) is 3.71. The van der Waals surface area contributed by atoms with E-state index in [1.165, 1.54) is 11.1 Å². The number of carbonyl (C=O) groups excluding carboxylic acids is 1. The first-order chi connectivity index (χ1) is 14.1. The van der Waals surface area contributed by atoms with Gasteiger partial charge in [-0.25, -0.2) is 4.79 Å². The number of hydrogen-bond acceptors (Lipinski definition) is 3. The minimum atomic E-state index is -0.340. The van der Waals surface area contributed by atoms with Crippen molar-refractivity contribution in [1.82, 2.24) is 4.90 Å². The van der Waals surface area contributed by atoms with E-state index in [9.17, 15) is 4.79 Å². The molecule has 0 bridgehead atoms. The highest BCUT2D eigenvalue weighted by molar-refractivity contribution is 5.75. The Morgan fingerprint density at radius 2 is 1.72 bits per heavy atom. The molecule has 0 saturated heterocycles. The van der Waals surface area contributed by atoms with E-state index in [2.05, 4.69) is 37.3 Å². The molecule has 148 valence electrons. The lowest BCUT2D eigenvalue weighted by molar-refractivity contribution is 0.0694. The summed E-state index contributed by atoms with van der Waals surface area (Å²) in [5.41, 5.74) is 5.70. The van der Waals surface area contributed by atoms with Gasteiger partial charge in [0.1, 0.15) is 18.5 Å². The van der Waals surface area contributed by atoms with E-state index < -0.39 is 0 Å². The van der Waals surface area contributed by atoms with Gasteiger partial charge in [-0.15, -0.1) is 0 Å². The molecule has 1 atom stereocenters. The SMILES string of the molecule is Cc1ccccc1-c1cccc2c1OC(COC(=O)N(C)Cc1ccccc1)C2. The van der Waals surface area contributed by atoms with Crippen molar-refractivity contribution in [1.29, 1.82) is 0 Å². The predicted octanol–water partition coefficient (Wildman–Crippen LogP) is 5.23. The van der Waals surface area contributed by atoms with Crippen LogP contribution in [0, 0.1) is 6.92 Å². The molecule has 0 radical (unpaired) electrons. The lowest BCUT2D eigenvalue weighted by Crippen LogP contribution is -2.31. The highest BCUT2D eigenvalue weighted by Crippen LogP contribution is 2.39. The lowest BCUT2D eigenvalue weighted by Gasteiger charge is -2.19. The number of rotatable bonds is 5. The Kier molecular flexibility index (Phi) is 5.52. The van der Waals surface area contributed by atoms with E-state index in [0.29, 0.717) is 6.54 Å². The molecule has 4 nitrogen and oxygen atoms in total. The van der Waals surface area contributed by atoms with Crippen LogP contribution < -0.4 is 4.74 Å². The van der Waals surface area contributed by atoms with Gasteiger partial charge in [0.15, 0.2) is 0 Å². The Bertz CT molecular complexity index is 1000. The van der Waals surface area contributed by atoms with Crippen LogP contribution >= 0.6 is 0 Å². The predicted molar refractivity (Wildman–Crippen MR) is 114 cm³/mol. The maximum Gasteiger partial charge on any atom is 0.409 e. The molecule has 0 N–H and O–H groups in total. The highest BCUT2D eigenvalue weighted by Gasteiger charge is 2.27. The number of nitrogens with zero attached hydrogens (tertiary/aromatic N) is 1. The van der Waals surface area contributed by atoms with Gasteiger partial charge >= 0.3 is 6.09 Å². The van der Waals surface area contributed by atoms with Crippen LogP contribution in [0.5, 0.6) is 5.75 Å². The second-order valence-electron chi connectivity index (χ2n) is 7.47. The number of aryl methyl sites for hydroxylation is 1. The molecule has 3 aromatic rings. The van der Waals surface area contributed by atoms with Crippen molar-refractivity contribution in [3.8, 4) is 16.9 Å². The number of para-hydroxylation sites is 1. The third-order valence-electron chi connectivity index (χ3n) is 5.23. The number of fused-ring (bicyclic) bond motifs is 1. The average Bonchev–Trinajstić information content (AvgIpc) is 3.16. The van der Waals surface area contributed by atoms with E-state index in [1.54, 1.807) is 11.9 Å². The molecular weight excluding hydrogens is 362 g/mol. The van der Waals surface area contributed by atoms with E-state index >= 15 is 0 Å². The maximum absolute atomic E-state index is 12.4. The Balaban J connectivity index is 1.38. The zero-order valence-electron chi connectivity index (χ0n) is 16.8. The first-order valence-corrected chi connectivity index (χ1v) is 9.88. The fourth-order valence-electron chi connectivity index (χ4n) is 3.71. The van der Waals surface area contributed by atoms with E-state index in [1.807, 2.05) is 42.5 Å². The van der Waals surface area contributed by atoms with Gasteiger partial charge in [-0.2, -0.15) is 0 Å². The maximum atomic E-state index is 12.4. The van der Waals surface area contributed by atoms with Crippen molar-refractivity contribution in [2.45, 2.75) is 26.0 Å². The first kappa shape index (κ1) is 19.1. The summed E-state index contributed by atoms with van der Waals surface area (Å²) in [5.74, 6) is 0.903. The molecule has 1 heterocycles. The molecule has 4 heteroatoms. The van der Waals surface area contributed by atoms with Gasteiger partial charge in [-0.3, -0.25) is 0 Å². The number of benzene rings is 3. The molecule has 0 aromatic heterocycles.